The SMILES string of the molecule is C#CCCCN[C@H](C)C1CCCC1. The fraction of sp³-hybridized carbons (Fsp3) is 0.833. The fourth-order valence-electron chi connectivity index (χ4n) is 2.14. The minimum Gasteiger partial charge on any atom is -0.314 e. The number of hydrogen-bond donors (Lipinski definition) is 1. The van der Waals surface area contributed by atoms with E-state index in [1.807, 2.05) is 0 Å². The van der Waals surface area contributed by atoms with Crippen LogP contribution in [0, 0.1) is 18.3 Å². The lowest BCUT2D eigenvalue weighted by molar-refractivity contribution is 0.381. The molecule has 1 N–H and O–H groups in total. The highest BCUT2D eigenvalue weighted by Gasteiger charge is 2.20. The van der Waals surface area contributed by atoms with E-state index < -0.39 is 0 Å². The Morgan fingerprint density at radius 1 is 1.46 bits per heavy atom. The molecular weight excluding hydrogens is 158 g/mol. The average Bonchev–Trinajstić information content (AvgIpc) is 2.65. The van der Waals surface area contributed by atoms with E-state index in [2.05, 4.69) is 18.2 Å². The zero-order valence-corrected chi connectivity index (χ0v) is 8.68. The van der Waals surface area contributed by atoms with E-state index in [0.717, 1.165) is 25.3 Å². The Morgan fingerprint density at radius 3 is 2.77 bits per heavy atom. The molecule has 0 aromatic rings. The van der Waals surface area contributed by atoms with Gasteiger partial charge in [0.05, 0.1) is 0 Å². The summed E-state index contributed by atoms with van der Waals surface area (Å²) in [5.74, 6) is 3.59. The molecule has 1 nitrogen and oxygen atoms in total. The monoisotopic (exact) mass is 179 g/mol. The van der Waals surface area contributed by atoms with Crippen LogP contribution in [0.3, 0.4) is 0 Å². The van der Waals surface area contributed by atoms with Crippen LogP contribution in [0.5, 0.6) is 0 Å². The summed E-state index contributed by atoms with van der Waals surface area (Å²) in [6.45, 7) is 3.40. The maximum Gasteiger partial charge on any atom is 0.00981 e. The van der Waals surface area contributed by atoms with Crippen molar-refractivity contribution in [3.05, 3.63) is 0 Å². The van der Waals surface area contributed by atoms with Crippen molar-refractivity contribution in [1.29, 1.82) is 0 Å². The summed E-state index contributed by atoms with van der Waals surface area (Å²) in [6, 6.07) is 0.695. The van der Waals surface area contributed by atoms with E-state index in [0.29, 0.717) is 6.04 Å². The second-order valence-electron chi connectivity index (χ2n) is 4.10. The normalized spacial score (nSPS) is 20.0. The molecule has 1 aliphatic carbocycles. The van der Waals surface area contributed by atoms with Gasteiger partial charge in [0, 0.05) is 12.5 Å². The Bertz CT molecular complexity index is 162. The predicted molar refractivity (Wildman–Crippen MR) is 57.5 cm³/mol. The standard InChI is InChI=1S/C12H21N/c1-3-4-7-10-13-11(2)12-8-5-6-9-12/h1,11-13H,4-10H2,2H3/t11-/m1/s1. The van der Waals surface area contributed by atoms with Crippen molar-refractivity contribution in [3.63, 3.8) is 0 Å². The molecule has 1 aliphatic rings. The minimum atomic E-state index is 0.695. The highest BCUT2D eigenvalue weighted by molar-refractivity contribution is 4.84. The number of rotatable bonds is 5. The molecule has 0 unspecified atom stereocenters. The molecule has 1 saturated carbocycles. The lowest BCUT2D eigenvalue weighted by atomic mass is 10.00. The van der Waals surface area contributed by atoms with Crippen LogP contribution in [0.15, 0.2) is 0 Å². The topological polar surface area (TPSA) is 12.0 Å². The molecule has 0 spiro atoms. The van der Waals surface area contributed by atoms with Crippen LogP contribution < -0.4 is 5.32 Å². The molecule has 13 heavy (non-hydrogen) atoms. The number of unbranched alkanes of at least 4 members (excludes halogenated alkanes) is 1. The van der Waals surface area contributed by atoms with Crippen LogP contribution in [0.25, 0.3) is 0 Å². The molecule has 0 saturated heterocycles. The minimum absolute atomic E-state index is 0.695. The number of nitrogens with one attached hydrogen (secondary N) is 1. The van der Waals surface area contributed by atoms with E-state index in [-0.39, 0.29) is 0 Å². The Hall–Kier alpha value is -0.480. The molecule has 0 bridgehead atoms. The number of hydrogen-bond acceptors (Lipinski definition) is 1. The van der Waals surface area contributed by atoms with Crippen LogP contribution in [-0.4, -0.2) is 12.6 Å². The van der Waals surface area contributed by atoms with E-state index in [1.165, 1.54) is 25.7 Å². The summed E-state index contributed by atoms with van der Waals surface area (Å²) in [5, 5.41) is 3.56. The molecular formula is C12H21N. The molecule has 74 valence electrons. The fourth-order valence-corrected chi connectivity index (χ4v) is 2.14. The summed E-state index contributed by atoms with van der Waals surface area (Å²) in [7, 11) is 0. The Labute approximate surface area is 82.3 Å². The third-order valence-electron chi connectivity index (χ3n) is 3.07. The van der Waals surface area contributed by atoms with Gasteiger partial charge in [-0.25, -0.2) is 0 Å². The van der Waals surface area contributed by atoms with Crippen molar-refractivity contribution in [1.82, 2.24) is 5.32 Å². The zero-order valence-electron chi connectivity index (χ0n) is 8.68. The molecule has 0 heterocycles. The van der Waals surface area contributed by atoms with Crippen LogP contribution in [0.2, 0.25) is 0 Å². The van der Waals surface area contributed by atoms with Gasteiger partial charge in [0.15, 0.2) is 0 Å². The van der Waals surface area contributed by atoms with Gasteiger partial charge in [-0.1, -0.05) is 12.8 Å². The molecule has 0 radical (unpaired) electrons. The van der Waals surface area contributed by atoms with E-state index in [1.54, 1.807) is 0 Å². The summed E-state index contributed by atoms with van der Waals surface area (Å²) in [5.41, 5.74) is 0. The molecule has 0 aliphatic heterocycles. The van der Waals surface area contributed by atoms with Crippen molar-refractivity contribution >= 4 is 0 Å². The molecule has 1 fully saturated rings. The zero-order chi connectivity index (χ0) is 9.52. The largest absolute Gasteiger partial charge is 0.314 e. The Morgan fingerprint density at radius 2 is 2.15 bits per heavy atom. The van der Waals surface area contributed by atoms with Gasteiger partial charge in [-0.05, 0) is 38.6 Å². The first-order valence-corrected chi connectivity index (χ1v) is 5.51. The Balaban J connectivity index is 2.03. The van der Waals surface area contributed by atoms with Gasteiger partial charge < -0.3 is 5.32 Å². The van der Waals surface area contributed by atoms with Crippen LogP contribution in [-0.2, 0) is 0 Å². The van der Waals surface area contributed by atoms with Crippen molar-refractivity contribution < 1.29 is 0 Å². The first kappa shape index (κ1) is 10.6. The lowest BCUT2D eigenvalue weighted by Gasteiger charge is -2.19. The van der Waals surface area contributed by atoms with Crippen molar-refractivity contribution in [2.45, 2.75) is 51.5 Å². The molecule has 0 aromatic carbocycles. The highest BCUT2D eigenvalue weighted by atomic mass is 14.9. The van der Waals surface area contributed by atoms with E-state index in [4.69, 9.17) is 6.42 Å². The molecule has 1 heteroatoms. The second kappa shape index (κ2) is 6.05. The third-order valence-corrected chi connectivity index (χ3v) is 3.07. The van der Waals surface area contributed by atoms with Gasteiger partial charge in [-0.3, -0.25) is 0 Å². The van der Waals surface area contributed by atoms with E-state index in [9.17, 15) is 0 Å². The number of terminal acetylenes is 1. The molecule has 0 aromatic heterocycles. The van der Waals surface area contributed by atoms with Gasteiger partial charge in [0.2, 0.25) is 0 Å². The van der Waals surface area contributed by atoms with Gasteiger partial charge in [0.25, 0.3) is 0 Å². The van der Waals surface area contributed by atoms with Crippen LogP contribution >= 0.6 is 0 Å². The quantitative estimate of drug-likeness (QED) is 0.505. The van der Waals surface area contributed by atoms with Gasteiger partial charge in [0.1, 0.15) is 0 Å². The summed E-state index contributed by atoms with van der Waals surface area (Å²) >= 11 is 0. The van der Waals surface area contributed by atoms with Gasteiger partial charge in [-0.2, -0.15) is 0 Å². The highest BCUT2D eigenvalue weighted by Crippen LogP contribution is 2.27. The predicted octanol–water partition coefficient (Wildman–Crippen LogP) is 2.57. The van der Waals surface area contributed by atoms with Gasteiger partial charge >= 0.3 is 0 Å². The smallest absolute Gasteiger partial charge is 0.00981 e. The maximum atomic E-state index is 5.19. The molecule has 0 amide bonds. The average molecular weight is 179 g/mol. The van der Waals surface area contributed by atoms with Crippen molar-refractivity contribution in [2.24, 2.45) is 5.92 Å². The lowest BCUT2D eigenvalue weighted by Crippen LogP contribution is -2.32. The van der Waals surface area contributed by atoms with Crippen LogP contribution in [0.4, 0.5) is 0 Å². The van der Waals surface area contributed by atoms with Crippen molar-refractivity contribution in [2.75, 3.05) is 6.54 Å². The molecule has 1 atom stereocenters. The maximum absolute atomic E-state index is 5.19. The first-order chi connectivity index (χ1) is 6.34. The summed E-state index contributed by atoms with van der Waals surface area (Å²) in [6.07, 6.45) is 12.9. The summed E-state index contributed by atoms with van der Waals surface area (Å²) in [4.78, 5) is 0. The van der Waals surface area contributed by atoms with Crippen LogP contribution in [0.1, 0.15) is 45.4 Å². The van der Waals surface area contributed by atoms with Gasteiger partial charge in [-0.15, -0.1) is 12.3 Å². The first-order valence-electron chi connectivity index (χ1n) is 5.51. The Kier molecular flexibility index (Phi) is 4.93. The van der Waals surface area contributed by atoms with E-state index >= 15 is 0 Å². The third kappa shape index (κ3) is 3.83. The molecule has 1 rings (SSSR count). The van der Waals surface area contributed by atoms with Crippen molar-refractivity contribution in [3.8, 4) is 12.3 Å². The summed E-state index contributed by atoms with van der Waals surface area (Å²) < 4.78 is 0. The second-order valence-corrected chi connectivity index (χ2v) is 4.10.